The maximum atomic E-state index is 12.5. The molecule has 3 aromatic rings. The first-order chi connectivity index (χ1) is 14.4. The Labute approximate surface area is 180 Å². The number of amides is 1. The van der Waals surface area contributed by atoms with Crippen molar-refractivity contribution in [2.75, 3.05) is 7.11 Å². The van der Waals surface area contributed by atoms with Gasteiger partial charge in [-0.2, -0.15) is 10.2 Å². The number of para-hydroxylation sites is 1. The number of hydrogen-bond acceptors (Lipinski definition) is 5. The molecule has 1 amide bonds. The molecule has 0 aliphatic carbocycles. The molecule has 0 atom stereocenters. The van der Waals surface area contributed by atoms with Gasteiger partial charge in [-0.3, -0.25) is 4.79 Å². The zero-order valence-corrected chi connectivity index (χ0v) is 18.0. The fourth-order valence-electron chi connectivity index (χ4n) is 2.78. The van der Waals surface area contributed by atoms with E-state index in [1.54, 1.807) is 22.9 Å². The molecule has 30 heavy (non-hydrogen) atoms. The van der Waals surface area contributed by atoms with Gasteiger partial charge in [-0.1, -0.05) is 29.8 Å². The lowest BCUT2D eigenvalue weighted by molar-refractivity contribution is 0.0954. The van der Waals surface area contributed by atoms with Gasteiger partial charge in [0.15, 0.2) is 11.5 Å². The normalized spacial score (nSPS) is 11.1. The Balaban J connectivity index is 1.74. The average molecular weight is 427 g/mol. The number of halogens is 1. The molecule has 2 aromatic carbocycles. The summed E-state index contributed by atoms with van der Waals surface area (Å²) in [7, 11) is 1.53. The molecule has 0 bridgehead atoms. The van der Waals surface area contributed by atoms with Crippen molar-refractivity contribution in [1.29, 1.82) is 0 Å². The number of hydrazone groups is 1. The number of nitrogens with one attached hydrogen (secondary N) is 1. The van der Waals surface area contributed by atoms with Gasteiger partial charge in [0, 0.05) is 5.56 Å². The minimum Gasteiger partial charge on any atom is -0.493 e. The Kier molecular flexibility index (Phi) is 6.74. The van der Waals surface area contributed by atoms with Gasteiger partial charge in [-0.25, -0.2) is 10.1 Å². The van der Waals surface area contributed by atoms with Crippen molar-refractivity contribution in [2.45, 2.75) is 26.9 Å². The third kappa shape index (κ3) is 4.80. The zero-order valence-electron chi connectivity index (χ0n) is 17.2. The number of nitrogens with zero attached hydrogens (tertiary/aromatic N) is 3. The van der Waals surface area contributed by atoms with Crippen LogP contribution in [0.5, 0.6) is 11.5 Å². The summed E-state index contributed by atoms with van der Waals surface area (Å²) in [5, 5.41) is 8.89. The van der Waals surface area contributed by atoms with Crippen LogP contribution in [-0.4, -0.2) is 35.1 Å². The number of rotatable bonds is 7. The molecular formula is C22H23ClN4O3. The van der Waals surface area contributed by atoms with E-state index >= 15 is 0 Å². The van der Waals surface area contributed by atoms with Crippen molar-refractivity contribution in [3.8, 4) is 17.2 Å². The van der Waals surface area contributed by atoms with E-state index in [0.717, 1.165) is 5.69 Å². The van der Waals surface area contributed by atoms with Gasteiger partial charge in [0.1, 0.15) is 5.15 Å². The maximum Gasteiger partial charge on any atom is 0.271 e. The van der Waals surface area contributed by atoms with Crippen LogP contribution in [0.4, 0.5) is 0 Å². The molecule has 156 valence electrons. The molecule has 3 rings (SSSR count). The number of hydrogen-bond donors (Lipinski definition) is 1. The summed E-state index contributed by atoms with van der Waals surface area (Å²) in [6.45, 7) is 5.66. The molecule has 1 heterocycles. The molecule has 1 N–H and O–H groups in total. The Hall–Kier alpha value is -3.32. The standard InChI is InChI=1S/C22H23ClN4O3/c1-14(2)30-19-11-10-16(12-20(19)29-4)22(28)25-24-13-18-15(3)26-27(21(18)23)17-8-6-5-7-9-17/h5-14H,1-4H3,(H,25,28)/b24-13+. The van der Waals surface area contributed by atoms with E-state index in [1.807, 2.05) is 51.1 Å². The number of aromatic nitrogens is 2. The third-order valence-corrected chi connectivity index (χ3v) is 4.56. The zero-order chi connectivity index (χ0) is 21.7. The largest absolute Gasteiger partial charge is 0.493 e. The van der Waals surface area contributed by atoms with Crippen LogP contribution in [0.1, 0.15) is 35.5 Å². The summed E-state index contributed by atoms with van der Waals surface area (Å²) in [5.74, 6) is 0.663. The molecule has 0 saturated carbocycles. The van der Waals surface area contributed by atoms with Crippen LogP contribution in [0.25, 0.3) is 5.69 Å². The van der Waals surface area contributed by atoms with Gasteiger partial charge >= 0.3 is 0 Å². The summed E-state index contributed by atoms with van der Waals surface area (Å²) in [6, 6.07) is 14.5. The Morgan fingerprint density at radius 2 is 1.93 bits per heavy atom. The fraction of sp³-hybridized carbons (Fsp3) is 0.227. The first kappa shape index (κ1) is 21.4. The van der Waals surface area contributed by atoms with Crippen LogP contribution in [0.3, 0.4) is 0 Å². The van der Waals surface area contributed by atoms with Crippen LogP contribution in [0, 0.1) is 6.92 Å². The van der Waals surface area contributed by atoms with E-state index in [1.165, 1.54) is 13.3 Å². The third-order valence-electron chi connectivity index (χ3n) is 4.20. The summed E-state index contributed by atoms with van der Waals surface area (Å²) >= 11 is 6.46. The molecule has 7 nitrogen and oxygen atoms in total. The van der Waals surface area contributed by atoms with E-state index < -0.39 is 0 Å². The second-order valence-electron chi connectivity index (χ2n) is 6.77. The molecule has 8 heteroatoms. The van der Waals surface area contributed by atoms with Crippen LogP contribution in [0.2, 0.25) is 5.15 Å². The lowest BCUT2D eigenvalue weighted by Crippen LogP contribution is -2.18. The van der Waals surface area contributed by atoms with E-state index in [0.29, 0.717) is 33.5 Å². The predicted molar refractivity (Wildman–Crippen MR) is 117 cm³/mol. The van der Waals surface area contributed by atoms with E-state index in [2.05, 4.69) is 15.6 Å². The van der Waals surface area contributed by atoms with E-state index in [9.17, 15) is 4.79 Å². The molecule has 0 spiro atoms. The second kappa shape index (κ2) is 9.45. The van der Waals surface area contributed by atoms with Gasteiger partial charge in [-0.15, -0.1) is 0 Å². The topological polar surface area (TPSA) is 77.7 Å². The van der Waals surface area contributed by atoms with Crippen LogP contribution < -0.4 is 14.9 Å². The first-order valence-corrected chi connectivity index (χ1v) is 9.77. The number of benzene rings is 2. The molecular weight excluding hydrogens is 404 g/mol. The van der Waals surface area contributed by atoms with Crippen molar-refractivity contribution < 1.29 is 14.3 Å². The lowest BCUT2D eigenvalue weighted by atomic mass is 10.2. The molecule has 0 unspecified atom stereocenters. The van der Waals surface area contributed by atoms with Crippen molar-refractivity contribution in [1.82, 2.24) is 15.2 Å². The molecule has 0 radical (unpaired) electrons. The highest BCUT2D eigenvalue weighted by Crippen LogP contribution is 2.29. The minimum absolute atomic E-state index is 0.00651. The number of methoxy groups -OCH3 is 1. The fourth-order valence-corrected chi connectivity index (χ4v) is 3.10. The summed E-state index contributed by atoms with van der Waals surface area (Å²) in [4.78, 5) is 12.5. The number of carbonyl (C=O) groups is 1. The number of ether oxygens (including phenoxy) is 2. The lowest BCUT2D eigenvalue weighted by Gasteiger charge is -2.14. The summed E-state index contributed by atoms with van der Waals surface area (Å²) in [6.07, 6.45) is 1.48. The molecule has 0 fully saturated rings. The average Bonchev–Trinajstić information content (AvgIpc) is 3.02. The van der Waals surface area contributed by atoms with Crippen molar-refractivity contribution in [3.05, 3.63) is 70.5 Å². The van der Waals surface area contributed by atoms with Gasteiger partial charge in [0.2, 0.25) is 0 Å². The number of aryl methyl sites for hydroxylation is 1. The van der Waals surface area contributed by atoms with Crippen LogP contribution >= 0.6 is 11.6 Å². The smallest absolute Gasteiger partial charge is 0.271 e. The Morgan fingerprint density at radius 1 is 1.20 bits per heavy atom. The van der Waals surface area contributed by atoms with Gasteiger partial charge in [0.05, 0.1) is 36.4 Å². The summed E-state index contributed by atoms with van der Waals surface area (Å²) < 4.78 is 12.6. The van der Waals surface area contributed by atoms with E-state index in [-0.39, 0.29) is 12.0 Å². The van der Waals surface area contributed by atoms with Crippen molar-refractivity contribution >= 4 is 23.7 Å². The van der Waals surface area contributed by atoms with E-state index in [4.69, 9.17) is 21.1 Å². The highest BCUT2D eigenvalue weighted by molar-refractivity contribution is 6.32. The SMILES string of the molecule is COc1cc(C(=O)N/N=C/c2c(C)nn(-c3ccccc3)c2Cl)ccc1OC(C)C. The number of carbonyl (C=O) groups excluding carboxylic acids is 1. The Morgan fingerprint density at radius 3 is 2.60 bits per heavy atom. The quantitative estimate of drug-likeness (QED) is 0.449. The molecule has 1 aromatic heterocycles. The first-order valence-electron chi connectivity index (χ1n) is 9.39. The highest BCUT2D eigenvalue weighted by atomic mass is 35.5. The minimum atomic E-state index is -0.384. The highest BCUT2D eigenvalue weighted by Gasteiger charge is 2.14. The van der Waals surface area contributed by atoms with Gasteiger partial charge in [0.25, 0.3) is 5.91 Å². The van der Waals surface area contributed by atoms with Crippen molar-refractivity contribution in [3.63, 3.8) is 0 Å². The summed E-state index contributed by atoms with van der Waals surface area (Å²) in [5.41, 5.74) is 5.05. The van der Waals surface area contributed by atoms with Crippen molar-refractivity contribution in [2.24, 2.45) is 5.10 Å². The molecule has 0 aliphatic heterocycles. The van der Waals surface area contributed by atoms with Gasteiger partial charge in [-0.05, 0) is 51.1 Å². The second-order valence-corrected chi connectivity index (χ2v) is 7.13. The molecule has 0 saturated heterocycles. The van der Waals surface area contributed by atoms with Crippen LogP contribution in [-0.2, 0) is 0 Å². The monoisotopic (exact) mass is 426 g/mol. The van der Waals surface area contributed by atoms with Gasteiger partial charge < -0.3 is 9.47 Å². The van der Waals surface area contributed by atoms with Crippen LogP contribution in [0.15, 0.2) is 53.6 Å². The molecule has 0 aliphatic rings. The maximum absolute atomic E-state index is 12.5. The predicted octanol–water partition coefficient (Wildman–Crippen LogP) is 4.39. The Bertz CT molecular complexity index is 1060.